The van der Waals surface area contributed by atoms with Gasteiger partial charge in [0.2, 0.25) is 0 Å². The van der Waals surface area contributed by atoms with Crippen molar-refractivity contribution in [1.82, 2.24) is 4.98 Å². The fourth-order valence-electron chi connectivity index (χ4n) is 1.92. The van der Waals surface area contributed by atoms with Gasteiger partial charge in [-0.05, 0) is 0 Å². The first kappa shape index (κ1) is 18.5. The number of methoxy groups -OCH3 is 2. The Labute approximate surface area is 144 Å². The van der Waals surface area contributed by atoms with Gasteiger partial charge in [-0.15, -0.1) is 11.8 Å². The zero-order valence-corrected chi connectivity index (χ0v) is 14.4. The van der Waals surface area contributed by atoms with Gasteiger partial charge in [0.05, 0.1) is 26.9 Å². The van der Waals surface area contributed by atoms with Crippen LogP contribution in [0.4, 0.5) is 0 Å². The van der Waals surface area contributed by atoms with Crippen LogP contribution in [0.3, 0.4) is 0 Å². The minimum absolute atomic E-state index is 0.105. The van der Waals surface area contributed by atoms with E-state index in [0.717, 1.165) is 0 Å². The van der Waals surface area contributed by atoms with Crippen molar-refractivity contribution in [3.05, 3.63) is 18.0 Å². The Morgan fingerprint density at radius 1 is 1.33 bits per heavy atom. The van der Waals surface area contributed by atoms with E-state index < -0.39 is 12.0 Å². The number of aromatic hydroxyl groups is 1. The molecule has 0 radical (unpaired) electrons. The van der Waals surface area contributed by atoms with Crippen LogP contribution in [-0.2, 0) is 19.0 Å². The molecule has 2 heterocycles. The van der Waals surface area contributed by atoms with E-state index in [1.54, 1.807) is 13.2 Å². The number of thioether (sulfide) groups is 1. The first-order valence-corrected chi connectivity index (χ1v) is 8.32. The van der Waals surface area contributed by atoms with Crippen molar-refractivity contribution in [2.75, 3.05) is 46.4 Å². The third-order valence-corrected chi connectivity index (χ3v) is 4.19. The van der Waals surface area contributed by atoms with Crippen LogP contribution in [0, 0.1) is 0 Å². The molecule has 0 aliphatic carbocycles. The normalized spacial score (nSPS) is 16.8. The van der Waals surface area contributed by atoms with Crippen molar-refractivity contribution >= 4 is 22.8 Å². The Bertz CT molecular complexity index is 595. The third kappa shape index (κ3) is 4.83. The monoisotopic (exact) mass is 356 g/mol. The van der Waals surface area contributed by atoms with Gasteiger partial charge in [-0.2, -0.15) is 0 Å². The molecule has 132 valence electrons. The third-order valence-electron chi connectivity index (χ3n) is 3.13. The molecule has 24 heavy (non-hydrogen) atoms. The summed E-state index contributed by atoms with van der Waals surface area (Å²) in [7, 11) is 2.92. The fourth-order valence-corrected chi connectivity index (χ4v) is 2.94. The summed E-state index contributed by atoms with van der Waals surface area (Å²) in [6.45, 7) is 1.66. The minimum atomic E-state index is -0.574. The summed E-state index contributed by atoms with van der Waals surface area (Å²) in [5, 5.41) is 10.8. The molecule has 0 bridgehead atoms. The van der Waals surface area contributed by atoms with Crippen molar-refractivity contribution in [3.63, 3.8) is 0 Å². The minimum Gasteiger partial charge on any atom is -0.503 e. The van der Waals surface area contributed by atoms with Gasteiger partial charge in [-0.25, -0.2) is 9.78 Å². The van der Waals surface area contributed by atoms with Gasteiger partial charge in [0.25, 0.3) is 0 Å². The van der Waals surface area contributed by atoms with Crippen molar-refractivity contribution < 1.29 is 28.8 Å². The molecule has 0 aromatic carbocycles. The van der Waals surface area contributed by atoms with Crippen LogP contribution < -0.4 is 4.74 Å². The average Bonchev–Trinajstić information content (AvgIpc) is 3.08. The quantitative estimate of drug-likeness (QED) is 0.514. The van der Waals surface area contributed by atoms with E-state index in [1.807, 2.05) is 0 Å². The molecule has 0 saturated carbocycles. The molecule has 2 rings (SSSR count). The summed E-state index contributed by atoms with van der Waals surface area (Å²) in [6.07, 6.45) is 1.52. The molecular weight excluding hydrogens is 336 g/mol. The molecule has 1 aliphatic heterocycles. The smallest absolute Gasteiger partial charge is 0.331 e. The lowest BCUT2D eigenvalue weighted by Crippen LogP contribution is -2.19. The van der Waals surface area contributed by atoms with Gasteiger partial charge in [-0.1, -0.05) is 0 Å². The number of aromatic nitrogens is 1. The van der Waals surface area contributed by atoms with Gasteiger partial charge in [0.1, 0.15) is 17.3 Å². The molecule has 1 atom stereocenters. The number of ether oxygens (including phenoxy) is 4. The van der Waals surface area contributed by atoms with Crippen molar-refractivity contribution in [2.45, 2.75) is 6.04 Å². The van der Waals surface area contributed by atoms with Crippen LogP contribution in [-0.4, -0.2) is 73.5 Å². The van der Waals surface area contributed by atoms with Crippen molar-refractivity contribution in [3.8, 4) is 11.5 Å². The summed E-state index contributed by atoms with van der Waals surface area (Å²) in [5.41, 5.74) is 0.296. The number of esters is 1. The van der Waals surface area contributed by atoms with E-state index in [2.05, 4.69) is 14.7 Å². The SMILES string of the molecule is COCCOCCOc1ccnc(C2=N[C@@H](C(=O)OC)CS2)c1O. The maximum absolute atomic E-state index is 11.5. The summed E-state index contributed by atoms with van der Waals surface area (Å²) < 4.78 is 20.3. The molecule has 0 saturated heterocycles. The molecular formula is C15H20N2O6S. The zero-order chi connectivity index (χ0) is 17.4. The summed E-state index contributed by atoms with van der Waals surface area (Å²) in [4.78, 5) is 19.9. The summed E-state index contributed by atoms with van der Waals surface area (Å²) >= 11 is 1.34. The number of rotatable bonds is 9. The lowest BCUT2D eigenvalue weighted by molar-refractivity contribution is -0.141. The molecule has 0 fully saturated rings. The first-order valence-electron chi connectivity index (χ1n) is 7.33. The average molecular weight is 356 g/mol. The van der Waals surface area contributed by atoms with Gasteiger partial charge in [-0.3, -0.25) is 4.99 Å². The number of pyridine rings is 1. The Balaban J connectivity index is 1.97. The van der Waals surface area contributed by atoms with E-state index in [4.69, 9.17) is 14.2 Å². The van der Waals surface area contributed by atoms with Gasteiger partial charge in [0, 0.05) is 25.1 Å². The molecule has 8 nitrogen and oxygen atoms in total. The summed E-state index contributed by atoms with van der Waals surface area (Å²) in [6, 6.07) is 0.987. The highest BCUT2D eigenvalue weighted by atomic mass is 32.2. The van der Waals surface area contributed by atoms with E-state index in [9.17, 15) is 9.90 Å². The number of carbonyl (C=O) groups excluding carboxylic acids is 1. The molecule has 1 aromatic rings. The van der Waals surface area contributed by atoms with Crippen LogP contribution in [0.25, 0.3) is 0 Å². The molecule has 0 spiro atoms. The molecule has 1 aromatic heterocycles. The van der Waals surface area contributed by atoms with Crippen LogP contribution in [0.5, 0.6) is 11.5 Å². The lowest BCUT2D eigenvalue weighted by atomic mass is 10.3. The van der Waals surface area contributed by atoms with Gasteiger partial charge in [0.15, 0.2) is 17.5 Å². The van der Waals surface area contributed by atoms with Crippen LogP contribution in [0.2, 0.25) is 0 Å². The Morgan fingerprint density at radius 3 is 2.88 bits per heavy atom. The molecule has 9 heteroatoms. The van der Waals surface area contributed by atoms with Crippen molar-refractivity contribution in [2.24, 2.45) is 4.99 Å². The van der Waals surface area contributed by atoms with E-state index in [-0.39, 0.29) is 12.4 Å². The Hall–Kier alpha value is -1.84. The van der Waals surface area contributed by atoms with E-state index in [0.29, 0.717) is 42.1 Å². The zero-order valence-electron chi connectivity index (χ0n) is 13.6. The number of aliphatic imine (C=N–C) groups is 1. The molecule has 0 amide bonds. The molecule has 0 unspecified atom stereocenters. The number of nitrogens with zero attached hydrogens (tertiary/aromatic N) is 2. The highest BCUT2D eigenvalue weighted by Gasteiger charge is 2.29. The standard InChI is InChI=1S/C15H20N2O6S/c1-20-5-6-22-7-8-23-11-3-4-16-12(13(11)18)14-17-10(9-24-14)15(19)21-2/h3-4,10,18H,5-9H2,1-2H3/t10-/m1/s1. The number of hydrogen-bond donors (Lipinski definition) is 1. The van der Waals surface area contributed by atoms with E-state index >= 15 is 0 Å². The molecule has 1 aliphatic rings. The predicted molar refractivity (Wildman–Crippen MR) is 88.9 cm³/mol. The van der Waals surface area contributed by atoms with Crippen molar-refractivity contribution in [1.29, 1.82) is 0 Å². The maximum atomic E-state index is 11.5. The fraction of sp³-hybridized carbons (Fsp3) is 0.533. The topological polar surface area (TPSA) is 99.5 Å². The molecule has 1 N–H and O–H groups in total. The highest BCUT2D eigenvalue weighted by Crippen LogP contribution is 2.33. The second-order valence-corrected chi connectivity index (χ2v) is 5.75. The summed E-state index contributed by atoms with van der Waals surface area (Å²) in [5.74, 6) is 0.241. The van der Waals surface area contributed by atoms with Crippen LogP contribution in [0.1, 0.15) is 5.69 Å². The number of hydrogen-bond acceptors (Lipinski definition) is 9. The van der Waals surface area contributed by atoms with Crippen LogP contribution in [0.15, 0.2) is 17.3 Å². The van der Waals surface area contributed by atoms with E-state index in [1.165, 1.54) is 25.1 Å². The Morgan fingerprint density at radius 2 is 2.12 bits per heavy atom. The van der Waals surface area contributed by atoms with Gasteiger partial charge >= 0.3 is 5.97 Å². The highest BCUT2D eigenvalue weighted by molar-refractivity contribution is 8.14. The van der Waals surface area contributed by atoms with Crippen LogP contribution >= 0.6 is 11.8 Å². The Kier molecular flexibility index (Phi) is 7.29. The number of carbonyl (C=O) groups is 1. The lowest BCUT2D eigenvalue weighted by Gasteiger charge is -2.10. The van der Waals surface area contributed by atoms with Gasteiger partial charge < -0.3 is 24.1 Å². The predicted octanol–water partition coefficient (Wildman–Crippen LogP) is 0.864. The second kappa shape index (κ2) is 9.45. The maximum Gasteiger partial charge on any atom is 0.331 e. The largest absolute Gasteiger partial charge is 0.503 e. The second-order valence-electron chi connectivity index (χ2n) is 4.74. The first-order chi connectivity index (χ1) is 11.7.